The van der Waals surface area contributed by atoms with E-state index in [0.29, 0.717) is 6.92 Å². The fraction of sp³-hybridized carbons (Fsp3) is 0.172. The molecule has 1 fully saturated rings. The number of benzene rings is 4. The van der Waals surface area contributed by atoms with Crippen molar-refractivity contribution in [3.63, 3.8) is 0 Å². The molecule has 0 nitrogen and oxygen atoms in total. The summed E-state index contributed by atoms with van der Waals surface area (Å²) in [5.74, 6) is -64.4. The van der Waals surface area contributed by atoms with Gasteiger partial charge in [-0.05, 0) is 17.2 Å². The average Bonchev–Trinajstić information content (AvgIpc) is 3.42. The van der Waals surface area contributed by atoms with Gasteiger partial charge in [0.05, 0.1) is 0 Å². The maximum atomic E-state index is 15.5. The number of hydrogen-bond donors (Lipinski definition) is 0. The largest absolute Gasteiger partial charge is 0.221 e. The van der Waals surface area contributed by atoms with Crippen molar-refractivity contribution in [2.75, 3.05) is 0 Å². The third kappa shape index (κ3) is 5.33. The second-order valence-corrected chi connectivity index (χ2v) is 11.3. The van der Waals surface area contributed by atoms with Crippen molar-refractivity contribution < 1.29 is 87.8 Å². The summed E-state index contributed by atoms with van der Waals surface area (Å²) in [4.78, 5) is 0. The monoisotopic (exact) mass is 758 g/mol. The van der Waals surface area contributed by atoms with E-state index in [2.05, 4.69) is 0 Å². The Kier molecular flexibility index (Phi) is 9.64. The Morgan fingerprint density at radius 1 is 0.373 bits per heavy atom. The third-order valence-corrected chi connectivity index (χ3v) is 8.80. The van der Waals surface area contributed by atoms with E-state index in [4.69, 9.17) is 0 Å². The van der Waals surface area contributed by atoms with Crippen LogP contribution in [0.2, 0.25) is 5.72 Å². The smallest absolute Gasteiger partial charge is 0.204 e. The second-order valence-electron chi connectivity index (χ2n) is 11.3. The van der Waals surface area contributed by atoms with Gasteiger partial charge in [0.2, 0.25) is 12.5 Å². The molecule has 0 amide bonds. The molecular formula is C29H8B2F20. The molecule has 0 aromatic heterocycles. The first kappa shape index (κ1) is 37.9. The molecule has 0 radical (unpaired) electrons. The van der Waals surface area contributed by atoms with E-state index < -0.39 is 176 Å². The highest BCUT2D eigenvalue weighted by Gasteiger charge is 2.57. The van der Waals surface area contributed by atoms with E-state index in [0.717, 1.165) is 0 Å². The predicted octanol–water partition coefficient (Wildman–Crippen LogP) is 7.75. The molecule has 0 saturated carbocycles. The van der Waals surface area contributed by atoms with Crippen LogP contribution in [0.1, 0.15) is 24.7 Å². The zero-order valence-corrected chi connectivity index (χ0v) is 24.2. The molecule has 1 saturated heterocycles. The Morgan fingerprint density at radius 3 is 0.941 bits per heavy atom. The topological polar surface area (TPSA) is 0 Å². The zero-order chi connectivity index (χ0) is 38.5. The fourth-order valence-corrected chi connectivity index (χ4v) is 6.74. The van der Waals surface area contributed by atoms with Crippen LogP contribution in [0.15, 0.2) is 0 Å². The van der Waals surface area contributed by atoms with E-state index in [9.17, 15) is 52.7 Å². The first-order chi connectivity index (χ1) is 23.6. The average molecular weight is 758 g/mol. The van der Waals surface area contributed by atoms with Gasteiger partial charge in [-0.3, -0.25) is 0 Å². The van der Waals surface area contributed by atoms with Gasteiger partial charge in [-0.1, -0.05) is 19.1 Å². The highest BCUT2D eigenvalue weighted by molar-refractivity contribution is 6.99. The molecule has 4 aromatic carbocycles. The first-order valence-electron chi connectivity index (χ1n) is 13.7. The van der Waals surface area contributed by atoms with E-state index in [1.807, 2.05) is 0 Å². The van der Waals surface area contributed by atoms with Crippen LogP contribution >= 0.6 is 0 Å². The summed E-state index contributed by atoms with van der Waals surface area (Å²) >= 11 is 0. The van der Waals surface area contributed by atoms with Gasteiger partial charge >= 0.3 is 0 Å². The lowest BCUT2D eigenvalue weighted by Crippen LogP contribution is -2.59. The minimum Gasteiger partial charge on any atom is -0.204 e. The van der Waals surface area contributed by atoms with Crippen LogP contribution in [0.3, 0.4) is 0 Å². The zero-order valence-electron chi connectivity index (χ0n) is 24.2. The minimum atomic E-state index is -3.67. The SMILES string of the molecule is C[C@H]1C[C@@H](B(c2c(F)c(F)c(F)c(F)c2F)c2c(F)c(F)c(F)c(F)c2F)B(c2c(F)c(F)c(F)c(F)c2F)[C@@H]1c1c(F)c(F)c(F)c(F)c1F. The van der Waals surface area contributed by atoms with Gasteiger partial charge in [0.25, 0.3) is 0 Å². The molecule has 0 bridgehead atoms. The molecule has 22 heteroatoms. The van der Waals surface area contributed by atoms with Crippen LogP contribution in [-0.2, 0) is 0 Å². The molecule has 0 unspecified atom stereocenters. The van der Waals surface area contributed by atoms with Crippen molar-refractivity contribution in [2.45, 2.75) is 24.9 Å². The maximum absolute atomic E-state index is 15.5. The molecule has 1 aliphatic heterocycles. The summed E-state index contributed by atoms with van der Waals surface area (Å²) in [6, 6.07) is 0. The van der Waals surface area contributed by atoms with Crippen LogP contribution in [0, 0.1) is 122 Å². The highest BCUT2D eigenvalue weighted by Crippen LogP contribution is 2.49. The lowest BCUT2D eigenvalue weighted by molar-refractivity contribution is 0.363. The van der Waals surface area contributed by atoms with Crippen LogP contribution < -0.4 is 16.4 Å². The Bertz CT molecular complexity index is 1970. The van der Waals surface area contributed by atoms with E-state index >= 15 is 35.1 Å². The Morgan fingerprint density at radius 2 is 0.627 bits per heavy atom. The van der Waals surface area contributed by atoms with Crippen LogP contribution in [-0.4, -0.2) is 13.4 Å². The van der Waals surface area contributed by atoms with E-state index in [1.165, 1.54) is 0 Å². The fourth-order valence-electron chi connectivity index (χ4n) is 6.74. The van der Waals surface area contributed by atoms with E-state index in [1.54, 1.807) is 0 Å². The summed E-state index contributed by atoms with van der Waals surface area (Å²) < 4.78 is 295. The number of hydrogen-bond acceptors (Lipinski definition) is 0. The van der Waals surface area contributed by atoms with Gasteiger partial charge in [0.1, 0.15) is 0 Å². The normalized spacial score (nSPS) is 17.6. The van der Waals surface area contributed by atoms with Gasteiger partial charge in [-0.15, -0.1) is 0 Å². The van der Waals surface area contributed by atoms with Gasteiger partial charge in [-0.2, -0.15) is 0 Å². The first-order valence-corrected chi connectivity index (χ1v) is 13.7. The lowest BCUT2D eigenvalue weighted by Gasteiger charge is -2.30. The molecule has 1 aliphatic rings. The summed E-state index contributed by atoms with van der Waals surface area (Å²) in [6.45, 7) is -6.32. The lowest BCUT2D eigenvalue weighted by atomic mass is 9.16. The number of rotatable bonds is 5. The highest BCUT2D eigenvalue weighted by atomic mass is 19.2. The quantitative estimate of drug-likeness (QED) is 0.0846. The molecule has 0 spiro atoms. The van der Waals surface area contributed by atoms with Crippen molar-refractivity contribution >= 4 is 29.8 Å². The third-order valence-electron chi connectivity index (χ3n) is 8.80. The Balaban J connectivity index is 2.03. The molecule has 270 valence electrons. The predicted molar refractivity (Wildman–Crippen MR) is 136 cm³/mol. The standard InChI is InChI=1S/C29H8B2F20/c1-3-2-4(31(8-14(36)22(44)28(50)23(45)15(8)37)9-16(38)24(46)29(51)25(47)17(9)39)30(7-12(34)20(42)27(49)21(43)13(7)35)6(3)5-10(32)18(40)26(48)19(41)11(5)33/h3-4,6H,2H2,1H3/t3-,4+,6-/m0/s1. The van der Waals surface area contributed by atoms with Crippen molar-refractivity contribution in [1.82, 2.24) is 0 Å². The molecule has 4 aromatic rings. The van der Waals surface area contributed by atoms with Gasteiger partial charge in [0, 0.05) is 16.5 Å². The van der Waals surface area contributed by atoms with Crippen molar-refractivity contribution in [3.05, 3.63) is 122 Å². The Hall–Kier alpha value is -4.39. The molecule has 3 atom stereocenters. The minimum absolute atomic E-state index is 0.635. The van der Waals surface area contributed by atoms with Crippen LogP contribution in [0.25, 0.3) is 0 Å². The van der Waals surface area contributed by atoms with Crippen molar-refractivity contribution in [1.29, 1.82) is 0 Å². The molecule has 0 N–H and O–H groups in total. The second kappa shape index (κ2) is 13.0. The van der Waals surface area contributed by atoms with E-state index in [-0.39, 0.29) is 0 Å². The van der Waals surface area contributed by atoms with Crippen LogP contribution in [0.5, 0.6) is 0 Å². The summed E-state index contributed by atoms with van der Waals surface area (Å²) in [5, 5.41) is 0. The summed E-state index contributed by atoms with van der Waals surface area (Å²) in [5.41, 5.74) is -12.7. The molecule has 0 aliphatic carbocycles. The van der Waals surface area contributed by atoms with Gasteiger partial charge in [0.15, 0.2) is 117 Å². The number of halogens is 20. The molecule has 51 heavy (non-hydrogen) atoms. The summed E-state index contributed by atoms with van der Waals surface area (Å²) in [6.07, 6.45) is -1.47. The van der Waals surface area contributed by atoms with Gasteiger partial charge < -0.3 is 0 Å². The van der Waals surface area contributed by atoms with Gasteiger partial charge in [-0.25, -0.2) is 87.8 Å². The molecular weight excluding hydrogens is 750 g/mol. The molecule has 5 rings (SSSR count). The Labute approximate surface area is 270 Å². The van der Waals surface area contributed by atoms with Crippen molar-refractivity contribution in [3.8, 4) is 0 Å². The molecule has 1 heterocycles. The summed E-state index contributed by atoms with van der Waals surface area (Å²) in [7, 11) is 0. The van der Waals surface area contributed by atoms with Crippen LogP contribution in [0.4, 0.5) is 87.8 Å². The van der Waals surface area contributed by atoms with Crippen molar-refractivity contribution in [2.24, 2.45) is 5.92 Å². The maximum Gasteiger partial charge on any atom is 0.221 e.